The van der Waals surface area contributed by atoms with Crippen molar-refractivity contribution in [3.63, 3.8) is 0 Å². The van der Waals surface area contributed by atoms with Crippen LogP contribution in [0.1, 0.15) is 12.8 Å². The SMILES string of the molecule is CN(CCCC(=N)N)c1ccc(F)cc1. The molecule has 0 saturated heterocycles. The first-order valence-corrected chi connectivity index (χ1v) is 4.89. The monoisotopic (exact) mass is 209 g/mol. The second kappa shape index (κ2) is 5.34. The summed E-state index contributed by atoms with van der Waals surface area (Å²) in [5.74, 6) is -0.0154. The molecule has 1 aromatic rings. The van der Waals surface area contributed by atoms with E-state index in [2.05, 4.69) is 0 Å². The van der Waals surface area contributed by atoms with Crippen LogP contribution in [0, 0.1) is 11.2 Å². The maximum Gasteiger partial charge on any atom is 0.123 e. The Morgan fingerprint density at radius 2 is 2.00 bits per heavy atom. The molecule has 15 heavy (non-hydrogen) atoms. The number of nitrogens with two attached hydrogens (primary N) is 1. The van der Waals surface area contributed by atoms with Gasteiger partial charge in [0.05, 0.1) is 5.84 Å². The fourth-order valence-corrected chi connectivity index (χ4v) is 1.33. The van der Waals surface area contributed by atoms with E-state index in [-0.39, 0.29) is 11.7 Å². The van der Waals surface area contributed by atoms with Crippen molar-refractivity contribution >= 4 is 11.5 Å². The van der Waals surface area contributed by atoms with Gasteiger partial charge in [0.2, 0.25) is 0 Å². The van der Waals surface area contributed by atoms with Crippen LogP contribution >= 0.6 is 0 Å². The number of nitrogens with one attached hydrogen (secondary N) is 1. The third kappa shape index (κ3) is 3.97. The minimum Gasteiger partial charge on any atom is -0.388 e. The van der Waals surface area contributed by atoms with E-state index in [0.717, 1.165) is 18.7 Å². The first-order chi connectivity index (χ1) is 7.09. The lowest BCUT2D eigenvalue weighted by Gasteiger charge is -2.18. The lowest BCUT2D eigenvalue weighted by atomic mass is 10.2. The van der Waals surface area contributed by atoms with Gasteiger partial charge in [0.15, 0.2) is 0 Å². The van der Waals surface area contributed by atoms with Crippen LogP contribution in [-0.2, 0) is 0 Å². The van der Waals surface area contributed by atoms with E-state index in [0.29, 0.717) is 6.42 Å². The van der Waals surface area contributed by atoms with Crippen molar-refractivity contribution in [2.75, 3.05) is 18.5 Å². The van der Waals surface area contributed by atoms with Gasteiger partial charge < -0.3 is 10.6 Å². The molecule has 0 fully saturated rings. The summed E-state index contributed by atoms with van der Waals surface area (Å²) in [7, 11) is 1.94. The van der Waals surface area contributed by atoms with E-state index >= 15 is 0 Å². The van der Waals surface area contributed by atoms with Crippen molar-refractivity contribution in [3.05, 3.63) is 30.1 Å². The van der Waals surface area contributed by atoms with Crippen molar-refractivity contribution in [2.45, 2.75) is 12.8 Å². The number of halogens is 1. The zero-order valence-corrected chi connectivity index (χ0v) is 8.83. The van der Waals surface area contributed by atoms with Crippen molar-refractivity contribution < 1.29 is 4.39 Å². The molecule has 3 N–H and O–H groups in total. The van der Waals surface area contributed by atoms with E-state index in [1.54, 1.807) is 12.1 Å². The van der Waals surface area contributed by atoms with Gasteiger partial charge in [-0.3, -0.25) is 5.41 Å². The maximum atomic E-state index is 12.6. The molecule has 0 heterocycles. The number of amidine groups is 1. The van der Waals surface area contributed by atoms with Gasteiger partial charge in [-0.05, 0) is 30.7 Å². The highest BCUT2D eigenvalue weighted by atomic mass is 19.1. The summed E-state index contributed by atoms with van der Waals surface area (Å²) in [6.07, 6.45) is 1.44. The fourth-order valence-electron chi connectivity index (χ4n) is 1.33. The molecular weight excluding hydrogens is 193 g/mol. The summed E-state index contributed by atoms with van der Waals surface area (Å²) >= 11 is 0. The third-order valence-corrected chi connectivity index (χ3v) is 2.21. The summed E-state index contributed by atoms with van der Waals surface area (Å²) in [4.78, 5) is 2.02. The van der Waals surface area contributed by atoms with Gasteiger partial charge in [0.25, 0.3) is 0 Å². The van der Waals surface area contributed by atoms with Crippen LogP contribution in [0.3, 0.4) is 0 Å². The summed E-state index contributed by atoms with van der Waals surface area (Å²) in [6.45, 7) is 0.811. The van der Waals surface area contributed by atoms with Crippen molar-refractivity contribution in [3.8, 4) is 0 Å². The number of anilines is 1. The maximum absolute atomic E-state index is 12.6. The van der Waals surface area contributed by atoms with E-state index in [1.165, 1.54) is 12.1 Å². The molecule has 82 valence electrons. The van der Waals surface area contributed by atoms with Crippen LogP contribution < -0.4 is 10.6 Å². The van der Waals surface area contributed by atoms with Gasteiger partial charge in [-0.15, -0.1) is 0 Å². The van der Waals surface area contributed by atoms with Gasteiger partial charge in [0, 0.05) is 25.7 Å². The van der Waals surface area contributed by atoms with E-state index in [4.69, 9.17) is 11.1 Å². The molecule has 0 unspecified atom stereocenters. The Labute approximate surface area is 89.2 Å². The first kappa shape index (κ1) is 11.5. The Balaban J connectivity index is 2.43. The molecule has 0 aliphatic carbocycles. The molecular formula is C11H16FN3. The molecule has 4 heteroatoms. The number of hydrogen-bond donors (Lipinski definition) is 2. The Morgan fingerprint density at radius 1 is 1.40 bits per heavy atom. The second-order valence-electron chi connectivity index (χ2n) is 3.53. The Bertz CT molecular complexity index is 321. The zero-order valence-electron chi connectivity index (χ0n) is 8.83. The van der Waals surface area contributed by atoms with E-state index < -0.39 is 0 Å². The number of hydrogen-bond acceptors (Lipinski definition) is 2. The third-order valence-electron chi connectivity index (χ3n) is 2.21. The molecule has 3 nitrogen and oxygen atoms in total. The summed E-state index contributed by atoms with van der Waals surface area (Å²) in [6, 6.07) is 6.36. The van der Waals surface area contributed by atoms with Crippen LogP contribution in [0.25, 0.3) is 0 Å². The predicted octanol–water partition coefficient (Wildman–Crippen LogP) is 1.98. The van der Waals surface area contributed by atoms with Crippen LogP contribution in [-0.4, -0.2) is 19.4 Å². The largest absolute Gasteiger partial charge is 0.388 e. The number of benzene rings is 1. The quantitative estimate of drug-likeness (QED) is 0.575. The fraction of sp³-hybridized carbons (Fsp3) is 0.364. The number of rotatable bonds is 5. The average molecular weight is 209 g/mol. The minimum atomic E-state index is -0.226. The zero-order chi connectivity index (χ0) is 11.3. The minimum absolute atomic E-state index is 0.211. The van der Waals surface area contributed by atoms with Gasteiger partial charge in [-0.25, -0.2) is 4.39 Å². The molecule has 0 amide bonds. The topological polar surface area (TPSA) is 53.1 Å². The van der Waals surface area contributed by atoms with Crippen molar-refractivity contribution in [1.29, 1.82) is 5.41 Å². The molecule has 0 spiro atoms. The molecule has 0 atom stereocenters. The lowest BCUT2D eigenvalue weighted by Crippen LogP contribution is -2.20. The standard InChI is InChI=1S/C11H16FN3/c1-15(8-2-3-11(13)14)10-6-4-9(12)5-7-10/h4-7H,2-3,8H2,1H3,(H3,13,14). The van der Waals surface area contributed by atoms with Crippen LogP contribution in [0.5, 0.6) is 0 Å². The van der Waals surface area contributed by atoms with Crippen LogP contribution in [0.4, 0.5) is 10.1 Å². The van der Waals surface area contributed by atoms with Gasteiger partial charge in [-0.2, -0.15) is 0 Å². The molecule has 1 rings (SSSR count). The van der Waals surface area contributed by atoms with Gasteiger partial charge in [-0.1, -0.05) is 0 Å². The normalized spacial score (nSPS) is 10.0. The van der Waals surface area contributed by atoms with Crippen molar-refractivity contribution in [1.82, 2.24) is 0 Å². The molecule has 0 saturated carbocycles. The lowest BCUT2D eigenvalue weighted by molar-refractivity contribution is 0.627. The molecule has 0 aliphatic heterocycles. The Kier molecular flexibility index (Phi) is 4.09. The smallest absolute Gasteiger partial charge is 0.123 e. The first-order valence-electron chi connectivity index (χ1n) is 4.89. The molecule has 0 bridgehead atoms. The van der Waals surface area contributed by atoms with Gasteiger partial charge in [0.1, 0.15) is 5.82 Å². The highest BCUT2D eigenvalue weighted by Crippen LogP contribution is 2.13. The van der Waals surface area contributed by atoms with Crippen LogP contribution in [0.15, 0.2) is 24.3 Å². The summed E-state index contributed by atoms with van der Waals surface area (Å²) in [5, 5.41) is 7.08. The molecule has 1 aromatic carbocycles. The average Bonchev–Trinajstić information content (AvgIpc) is 2.18. The predicted molar refractivity (Wildman–Crippen MR) is 60.8 cm³/mol. The van der Waals surface area contributed by atoms with E-state index in [1.807, 2.05) is 11.9 Å². The van der Waals surface area contributed by atoms with Gasteiger partial charge >= 0.3 is 0 Å². The Hall–Kier alpha value is -1.58. The highest BCUT2D eigenvalue weighted by Gasteiger charge is 2.00. The summed E-state index contributed by atoms with van der Waals surface area (Å²) < 4.78 is 12.6. The molecule has 0 radical (unpaired) electrons. The van der Waals surface area contributed by atoms with Crippen molar-refractivity contribution in [2.24, 2.45) is 5.73 Å². The molecule has 0 aliphatic rings. The number of nitrogens with zero attached hydrogens (tertiary/aromatic N) is 1. The highest BCUT2D eigenvalue weighted by molar-refractivity contribution is 5.76. The van der Waals surface area contributed by atoms with Crippen LogP contribution in [0.2, 0.25) is 0 Å². The summed E-state index contributed by atoms with van der Waals surface area (Å²) in [5.41, 5.74) is 6.22. The Morgan fingerprint density at radius 3 is 2.53 bits per heavy atom. The van der Waals surface area contributed by atoms with E-state index in [9.17, 15) is 4.39 Å². The molecule has 0 aromatic heterocycles. The second-order valence-corrected chi connectivity index (χ2v) is 3.53.